The van der Waals surface area contributed by atoms with E-state index in [1.807, 2.05) is 20.8 Å². The van der Waals surface area contributed by atoms with Gasteiger partial charge in [0.1, 0.15) is 0 Å². The third-order valence-electron chi connectivity index (χ3n) is 2.77. The molecule has 5 heteroatoms. The van der Waals surface area contributed by atoms with Crippen LogP contribution in [-0.2, 0) is 9.59 Å². The summed E-state index contributed by atoms with van der Waals surface area (Å²) in [7, 11) is 0. The van der Waals surface area contributed by atoms with Gasteiger partial charge in [-0.25, -0.2) is 0 Å². The summed E-state index contributed by atoms with van der Waals surface area (Å²) < 4.78 is 0. The van der Waals surface area contributed by atoms with Gasteiger partial charge in [-0.1, -0.05) is 27.2 Å². The van der Waals surface area contributed by atoms with Crippen LogP contribution in [0.4, 0.5) is 0 Å². The highest BCUT2D eigenvalue weighted by molar-refractivity contribution is 5.81. The highest BCUT2D eigenvalue weighted by Crippen LogP contribution is 2.14. The number of carbonyl (C=O) groups excluding carboxylic acids is 1. The zero-order chi connectivity index (χ0) is 14.1. The Kier molecular flexibility index (Phi) is 8.37. The van der Waals surface area contributed by atoms with Crippen LogP contribution in [0.5, 0.6) is 0 Å². The van der Waals surface area contributed by atoms with Crippen molar-refractivity contribution in [2.24, 2.45) is 17.6 Å². The Morgan fingerprint density at radius 1 is 1.33 bits per heavy atom. The number of carbonyl (C=O) groups is 2. The highest BCUT2D eigenvalue weighted by atomic mass is 16.4. The van der Waals surface area contributed by atoms with Gasteiger partial charge in [0.15, 0.2) is 0 Å². The normalized spacial score (nSPS) is 14.3. The van der Waals surface area contributed by atoms with E-state index in [-0.39, 0.29) is 18.2 Å². The van der Waals surface area contributed by atoms with Gasteiger partial charge < -0.3 is 16.2 Å². The van der Waals surface area contributed by atoms with Gasteiger partial charge in [-0.3, -0.25) is 9.59 Å². The Balaban J connectivity index is 4.16. The molecular formula is C13H26N2O3. The molecule has 0 saturated carbocycles. The van der Waals surface area contributed by atoms with E-state index >= 15 is 0 Å². The number of aliphatic carboxylic acids is 1. The van der Waals surface area contributed by atoms with Crippen molar-refractivity contribution < 1.29 is 14.7 Å². The second-order valence-corrected chi connectivity index (χ2v) is 5.23. The summed E-state index contributed by atoms with van der Waals surface area (Å²) in [6.45, 7) is 6.44. The average Bonchev–Trinajstić information content (AvgIpc) is 2.24. The molecule has 0 rings (SSSR count). The fourth-order valence-electron chi connectivity index (χ4n) is 1.97. The molecule has 2 atom stereocenters. The Morgan fingerprint density at radius 2 is 1.94 bits per heavy atom. The number of hydrogen-bond donors (Lipinski definition) is 3. The minimum atomic E-state index is -0.826. The number of nitrogens with two attached hydrogens (primary N) is 1. The first-order valence-corrected chi connectivity index (χ1v) is 6.61. The predicted molar refractivity (Wildman–Crippen MR) is 71.1 cm³/mol. The molecule has 5 nitrogen and oxygen atoms in total. The summed E-state index contributed by atoms with van der Waals surface area (Å²) in [5.41, 5.74) is 5.69. The standard InChI is InChI=1S/C13H26N2O3/c1-4-5-11(14)13(18)15-8-10(6-9(2)3)7-12(16)17/h9-11H,4-8,14H2,1-3H3,(H,15,18)(H,16,17). The SMILES string of the molecule is CCCC(N)C(=O)NCC(CC(=O)O)CC(C)C. The first-order chi connectivity index (χ1) is 8.36. The highest BCUT2D eigenvalue weighted by Gasteiger charge is 2.18. The van der Waals surface area contributed by atoms with Crippen LogP contribution >= 0.6 is 0 Å². The van der Waals surface area contributed by atoms with Gasteiger partial charge in [-0.2, -0.15) is 0 Å². The van der Waals surface area contributed by atoms with Crippen LogP contribution in [0, 0.1) is 11.8 Å². The van der Waals surface area contributed by atoms with Crippen LogP contribution in [0.25, 0.3) is 0 Å². The number of hydrogen-bond acceptors (Lipinski definition) is 3. The van der Waals surface area contributed by atoms with E-state index in [9.17, 15) is 9.59 Å². The van der Waals surface area contributed by atoms with Crippen molar-refractivity contribution in [1.82, 2.24) is 5.32 Å². The minimum absolute atomic E-state index is 0.0275. The van der Waals surface area contributed by atoms with Crippen molar-refractivity contribution in [2.45, 2.75) is 52.5 Å². The van der Waals surface area contributed by atoms with Gasteiger partial charge in [0.2, 0.25) is 5.91 Å². The molecule has 0 heterocycles. The molecule has 1 amide bonds. The second kappa shape index (κ2) is 8.91. The van der Waals surface area contributed by atoms with Crippen LogP contribution < -0.4 is 11.1 Å². The molecule has 4 N–H and O–H groups in total. The molecule has 0 aliphatic carbocycles. The van der Waals surface area contributed by atoms with Crippen LogP contribution in [0.15, 0.2) is 0 Å². The van der Waals surface area contributed by atoms with E-state index in [0.717, 1.165) is 12.8 Å². The molecule has 0 aliphatic rings. The number of nitrogens with one attached hydrogen (secondary N) is 1. The molecule has 2 unspecified atom stereocenters. The Morgan fingerprint density at radius 3 is 2.39 bits per heavy atom. The van der Waals surface area contributed by atoms with Crippen molar-refractivity contribution >= 4 is 11.9 Å². The maximum atomic E-state index is 11.6. The third kappa shape index (κ3) is 8.06. The Bertz CT molecular complexity index is 267. The van der Waals surface area contributed by atoms with E-state index < -0.39 is 12.0 Å². The van der Waals surface area contributed by atoms with Crippen molar-refractivity contribution in [3.63, 3.8) is 0 Å². The molecule has 0 aromatic heterocycles. The number of carboxylic acids is 1. The third-order valence-corrected chi connectivity index (χ3v) is 2.77. The lowest BCUT2D eigenvalue weighted by atomic mass is 9.94. The van der Waals surface area contributed by atoms with Gasteiger partial charge in [0.05, 0.1) is 6.04 Å². The smallest absolute Gasteiger partial charge is 0.303 e. The van der Waals surface area contributed by atoms with Crippen LogP contribution in [-0.4, -0.2) is 29.6 Å². The van der Waals surface area contributed by atoms with E-state index in [0.29, 0.717) is 18.9 Å². The molecule has 0 aliphatic heterocycles. The summed E-state index contributed by atoms with van der Waals surface area (Å²) in [6.07, 6.45) is 2.38. The molecule has 0 fully saturated rings. The van der Waals surface area contributed by atoms with E-state index in [2.05, 4.69) is 5.32 Å². The Labute approximate surface area is 109 Å². The molecule has 0 aromatic carbocycles. The molecule has 18 heavy (non-hydrogen) atoms. The maximum Gasteiger partial charge on any atom is 0.303 e. The molecule has 0 radical (unpaired) electrons. The zero-order valence-electron chi connectivity index (χ0n) is 11.6. The summed E-state index contributed by atoms with van der Waals surface area (Å²) in [4.78, 5) is 22.4. The van der Waals surface area contributed by atoms with Crippen molar-refractivity contribution in [3.8, 4) is 0 Å². The number of amides is 1. The van der Waals surface area contributed by atoms with Crippen molar-refractivity contribution in [2.75, 3.05) is 6.54 Å². The molecule has 0 spiro atoms. The fourth-order valence-corrected chi connectivity index (χ4v) is 1.97. The summed E-state index contributed by atoms with van der Waals surface area (Å²) >= 11 is 0. The van der Waals surface area contributed by atoms with E-state index in [1.165, 1.54) is 0 Å². The van der Waals surface area contributed by atoms with E-state index in [4.69, 9.17) is 10.8 Å². The molecule has 0 saturated heterocycles. The monoisotopic (exact) mass is 258 g/mol. The van der Waals surface area contributed by atoms with Gasteiger partial charge in [-0.15, -0.1) is 0 Å². The first kappa shape index (κ1) is 16.9. The quantitative estimate of drug-likeness (QED) is 0.582. The zero-order valence-corrected chi connectivity index (χ0v) is 11.6. The average molecular weight is 258 g/mol. The molecular weight excluding hydrogens is 232 g/mol. The molecule has 106 valence electrons. The lowest BCUT2D eigenvalue weighted by Crippen LogP contribution is -2.42. The number of rotatable bonds is 9. The van der Waals surface area contributed by atoms with Crippen molar-refractivity contribution in [3.05, 3.63) is 0 Å². The van der Waals surface area contributed by atoms with Gasteiger partial charge >= 0.3 is 5.97 Å². The summed E-state index contributed by atoms with van der Waals surface area (Å²) in [5, 5.41) is 11.6. The first-order valence-electron chi connectivity index (χ1n) is 6.61. The Hall–Kier alpha value is -1.10. The second-order valence-electron chi connectivity index (χ2n) is 5.23. The fraction of sp³-hybridized carbons (Fsp3) is 0.846. The maximum absolute atomic E-state index is 11.6. The predicted octanol–water partition coefficient (Wildman–Crippen LogP) is 1.37. The van der Waals surface area contributed by atoms with E-state index in [1.54, 1.807) is 0 Å². The van der Waals surface area contributed by atoms with Crippen LogP contribution in [0.3, 0.4) is 0 Å². The van der Waals surface area contributed by atoms with Gasteiger partial charge in [0, 0.05) is 13.0 Å². The van der Waals surface area contributed by atoms with Crippen LogP contribution in [0.1, 0.15) is 46.5 Å². The molecule has 0 bridgehead atoms. The van der Waals surface area contributed by atoms with Crippen LogP contribution in [0.2, 0.25) is 0 Å². The largest absolute Gasteiger partial charge is 0.481 e. The number of carboxylic acid groups (broad SMARTS) is 1. The molecule has 0 aromatic rings. The van der Waals surface area contributed by atoms with Crippen molar-refractivity contribution in [1.29, 1.82) is 0 Å². The summed E-state index contributed by atoms with van der Waals surface area (Å²) in [6, 6.07) is -0.487. The lowest BCUT2D eigenvalue weighted by Gasteiger charge is -2.19. The minimum Gasteiger partial charge on any atom is -0.481 e. The van der Waals surface area contributed by atoms with Gasteiger partial charge in [-0.05, 0) is 24.7 Å². The lowest BCUT2D eigenvalue weighted by molar-refractivity contribution is -0.138. The topological polar surface area (TPSA) is 92.4 Å². The summed E-state index contributed by atoms with van der Waals surface area (Å²) in [5.74, 6) is -0.625. The van der Waals surface area contributed by atoms with Gasteiger partial charge in [0.25, 0.3) is 0 Å².